The van der Waals surface area contributed by atoms with Gasteiger partial charge in [0.15, 0.2) is 0 Å². The molecule has 0 amide bonds. The van der Waals surface area contributed by atoms with Crippen LogP contribution in [0.4, 0.5) is 0 Å². The topological polar surface area (TPSA) is 18.5 Å². The van der Waals surface area contributed by atoms with Crippen molar-refractivity contribution in [2.75, 3.05) is 46.3 Å². The highest BCUT2D eigenvalue weighted by Crippen LogP contribution is 2.21. The summed E-state index contributed by atoms with van der Waals surface area (Å²) in [6.45, 7) is 16.6. The quantitative estimate of drug-likeness (QED) is 0.716. The fourth-order valence-electron chi connectivity index (χ4n) is 3.10. The first-order valence-electron chi connectivity index (χ1n) is 8.12. The summed E-state index contributed by atoms with van der Waals surface area (Å²) >= 11 is 0. The normalized spacial score (nSPS) is 23.5. The maximum absolute atomic E-state index is 3.59. The van der Waals surface area contributed by atoms with Crippen molar-refractivity contribution in [2.45, 2.75) is 53.0 Å². The highest BCUT2D eigenvalue weighted by atomic mass is 15.2. The van der Waals surface area contributed by atoms with E-state index in [9.17, 15) is 0 Å². The first-order chi connectivity index (χ1) is 8.98. The molecule has 0 radical (unpaired) electrons. The van der Waals surface area contributed by atoms with Crippen molar-refractivity contribution in [3.8, 4) is 0 Å². The first-order valence-corrected chi connectivity index (χ1v) is 8.12. The highest BCUT2D eigenvalue weighted by molar-refractivity contribution is 4.83. The molecule has 1 saturated heterocycles. The van der Waals surface area contributed by atoms with Crippen molar-refractivity contribution in [3.63, 3.8) is 0 Å². The van der Waals surface area contributed by atoms with Gasteiger partial charge < -0.3 is 10.2 Å². The van der Waals surface area contributed by atoms with E-state index in [0.29, 0.717) is 5.41 Å². The van der Waals surface area contributed by atoms with Crippen LogP contribution in [0.3, 0.4) is 0 Å². The van der Waals surface area contributed by atoms with Gasteiger partial charge in [0, 0.05) is 25.7 Å². The molecule has 0 bridgehead atoms. The second-order valence-electron chi connectivity index (χ2n) is 6.99. The van der Waals surface area contributed by atoms with E-state index in [1.807, 2.05) is 0 Å². The molecule has 0 aromatic carbocycles. The summed E-state index contributed by atoms with van der Waals surface area (Å²) in [6.07, 6.45) is 3.80. The van der Waals surface area contributed by atoms with Gasteiger partial charge in [-0.3, -0.25) is 4.90 Å². The number of likely N-dealkylation sites (N-methyl/N-ethyl adjacent to an activating group) is 1. The summed E-state index contributed by atoms with van der Waals surface area (Å²) < 4.78 is 0. The van der Waals surface area contributed by atoms with E-state index in [4.69, 9.17) is 0 Å². The van der Waals surface area contributed by atoms with Gasteiger partial charge in [-0.1, -0.05) is 27.7 Å². The second-order valence-corrected chi connectivity index (χ2v) is 6.99. The third kappa shape index (κ3) is 6.24. The van der Waals surface area contributed by atoms with Crippen molar-refractivity contribution >= 4 is 0 Å². The first kappa shape index (κ1) is 16.9. The zero-order chi connectivity index (χ0) is 14.3. The van der Waals surface area contributed by atoms with E-state index in [-0.39, 0.29) is 0 Å². The van der Waals surface area contributed by atoms with E-state index in [1.165, 1.54) is 45.4 Å². The van der Waals surface area contributed by atoms with Crippen LogP contribution in [-0.2, 0) is 0 Å². The Morgan fingerprint density at radius 1 is 1.21 bits per heavy atom. The molecule has 1 atom stereocenters. The van der Waals surface area contributed by atoms with Crippen molar-refractivity contribution < 1.29 is 0 Å². The highest BCUT2D eigenvalue weighted by Gasteiger charge is 2.27. The molecular weight excluding hydrogens is 234 g/mol. The Kier molecular flexibility index (Phi) is 7.33. The zero-order valence-corrected chi connectivity index (χ0v) is 13.8. The van der Waals surface area contributed by atoms with Crippen molar-refractivity contribution in [1.82, 2.24) is 15.1 Å². The molecule has 1 aliphatic rings. The van der Waals surface area contributed by atoms with Crippen LogP contribution in [0.2, 0.25) is 0 Å². The molecule has 3 nitrogen and oxygen atoms in total. The molecule has 1 N–H and O–H groups in total. The Balaban J connectivity index is 2.51. The predicted molar refractivity (Wildman–Crippen MR) is 84.7 cm³/mol. The Hall–Kier alpha value is -0.120. The minimum absolute atomic E-state index is 0.367. The van der Waals surface area contributed by atoms with Crippen molar-refractivity contribution in [2.24, 2.45) is 5.41 Å². The molecule has 1 fully saturated rings. The van der Waals surface area contributed by atoms with Crippen LogP contribution in [0.25, 0.3) is 0 Å². The van der Waals surface area contributed by atoms with Gasteiger partial charge >= 0.3 is 0 Å². The molecule has 0 aromatic heterocycles. The predicted octanol–water partition coefficient (Wildman–Crippen LogP) is 2.43. The molecule has 1 unspecified atom stereocenters. The number of nitrogens with one attached hydrogen (secondary N) is 1. The van der Waals surface area contributed by atoms with E-state index in [1.54, 1.807) is 0 Å². The van der Waals surface area contributed by atoms with Crippen LogP contribution in [0.5, 0.6) is 0 Å². The molecule has 3 heteroatoms. The van der Waals surface area contributed by atoms with E-state index < -0.39 is 0 Å². The van der Waals surface area contributed by atoms with Crippen molar-refractivity contribution in [3.05, 3.63) is 0 Å². The van der Waals surface area contributed by atoms with E-state index in [0.717, 1.165) is 19.1 Å². The Labute approximate surface area is 120 Å². The van der Waals surface area contributed by atoms with Crippen molar-refractivity contribution in [1.29, 1.82) is 0 Å². The number of rotatable bonds is 7. The van der Waals surface area contributed by atoms with Gasteiger partial charge in [0.1, 0.15) is 0 Å². The average Bonchev–Trinajstić information content (AvgIpc) is 2.51. The van der Waals surface area contributed by atoms with Crippen LogP contribution >= 0.6 is 0 Å². The van der Waals surface area contributed by atoms with E-state index in [2.05, 4.69) is 49.9 Å². The van der Waals surface area contributed by atoms with Gasteiger partial charge in [0.25, 0.3) is 0 Å². The third-order valence-corrected chi connectivity index (χ3v) is 4.16. The summed E-state index contributed by atoms with van der Waals surface area (Å²) in [7, 11) is 2.26. The monoisotopic (exact) mass is 269 g/mol. The molecule has 19 heavy (non-hydrogen) atoms. The number of hydrogen-bond acceptors (Lipinski definition) is 3. The zero-order valence-electron chi connectivity index (χ0n) is 13.8. The molecule has 0 spiro atoms. The third-order valence-electron chi connectivity index (χ3n) is 4.16. The fourth-order valence-corrected chi connectivity index (χ4v) is 3.10. The maximum Gasteiger partial charge on any atom is 0.0220 e. The molecule has 0 aromatic rings. The lowest BCUT2D eigenvalue weighted by Gasteiger charge is -2.37. The largest absolute Gasteiger partial charge is 0.316 e. The molecule has 1 rings (SSSR count). The Morgan fingerprint density at radius 3 is 2.58 bits per heavy atom. The molecule has 0 aliphatic carbocycles. The molecule has 114 valence electrons. The number of hydrogen-bond donors (Lipinski definition) is 1. The summed E-state index contributed by atoms with van der Waals surface area (Å²) in [5.41, 5.74) is 0.367. The van der Waals surface area contributed by atoms with Crippen LogP contribution in [0.15, 0.2) is 0 Å². The van der Waals surface area contributed by atoms with E-state index >= 15 is 0 Å². The maximum atomic E-state index is 3.59. The lowest BCUT2D eigenvalue weighted by molar-refractivity contribution is 0.123. The smallest absolute Gasteiger partial charge is 0.0220 e. The summed E-state index contributed by atoms with van der Waals surface area (Å²) in [5.74, 6) is 0. The standard InChI is InChI=1S/C16H35N3/c1-6-9-17-13-16(3,4)14-19-11-8-10-18(5)12-15(19)7-2/h15,17H,6-14H2,1-5H3. The average molecular weight is 269 g/mol. The summed E-state index contributed by atoms with van der Waals surface area (Å²) in [6, 6.07) is 0.734. The van der Waals surface area contributed by atoms with Gasteiger partial charge in [0.2, 0.25) is 0 Å². The lowest BCUT2D eigenvalue weighted by atomic mass is 9.91. The fraction of sp³-hybridized carbons (Fsp3) is 1.00. The Morgan fingerprint density at radius 2 is 1.95 bits per heavy atom. The summed E-state index contributed by atoms with van der Waals surface area (Å²) in [4.78, 5) is 5.23. The SMILES string of the molecule is CCCNCC(C)(C)CN1CCCN(C)CC1CC. The van der Waals surface area contributed by atoms with Gasteiger partial charge in [0.05, 0.1) is 0 Å². The molecular formula is C16H35N3. The van der Waals surface area contributed by atoms with Crippen LogP contribution < -0.4 is 5.32 Å². The van der Waals surface area contributed by atoms with Gasteiger partial charge in [-0.05, 0) is 51.4 Å². The minimum atomic E-state index is 0.367. The van der Waals surface area contributed by atoms with Gasteiger partial charge in [-0.2, -0.15) is 0 Å². The molecule has 1 heterocycles. The summed E-state index contributed by atoms with van der Waals surface area (Å²) in [5, 5.41) is 3.59. The minimum Gasteiger partial charge on any atom is -0.316 e. The van der Waals surface area contributed by atoms with Crippen LogP contribution in [0, 0.1) is 5.41 Å². The number of nitrogens with zero attached hydrogens (tertiary/aromatic N) is 2. The van der Waals surface area contributed by atoms with Crippen LogP contribution in [-0.4, -0.2) is 62.2 Å². The Bertz CT molecular complexity index is 240. The van der Waals surface area contributed by atoms with Crippen LogP contribution in [0.1, 0.15) is 47.0 Å². The molecule has 1 aliphatic heterocycles. The lowest BCUT2D eigenvalue weighted by Crippen LogP contribution is -2.47. The van der Waals surface area contributed by atoms with Gasteiger partial charge in [-0.25, -0.2) is 0 Å². The second kappa shape index (κ2) is 8.23. The van der Waals surface area contributed by atoms with Gasteiger partial charge in [-0.15, -0.1) is 0 Å². The molecule has 0 saturated carbocycles.